The van der Waals surface area contributed by atoms with E-state index in [1.165, 1.54) is 0 Å². The molecule has 1 aromatic carbocycles. The lowest BCUT2D eigenvalue weighted by Gasteiger charge is -2.23. The van der Waals surface area contributed by atoms with Crippen molar-refractivity contribution >= 4 is 15.9 Å². The average Bonchev–Trinajstić information content (AvgIpc) is 2.04. The molecule has 0 saturated heterocycles. The summed E-state index contributed by atoms with van der Waals surface area (Å²) < 4.78 is 1.06. The van der Waals surface area contributed by atoms with E-state index >= 15 is 0 Å². The Hall–Kier alpha value is -0.420. The van der Waals surface area contributed by atoms with Crippen LogP contribution in [-0.4, -0.2) is 19.0 Å². The minimum atomic E-state index is 0.0532. The van der Waals surface area contributed by atoms with Crippen LogP contribution >= 0.6 is 15.9 Å². The number of rotatable bonds is 3. The van der Waals surface area contributed by atoms with E-state index in [9.17, 15) is 0 Å². The molecule has 13 heavy (non-hydrogen) atoms. The molecule has 0 heterocycles. The smallest absolute Gasteiger partial charge is 0.0981 e. The Morgan fingerprint density at radius 2 is 2.15 bits per heavy atom. The van der Waals surface area contributed by atoms with Gasteiger partial charge in [0.25, 0.3) is 0 Å². The van der Waals surface area contributed by atoms with Gasteiger partial charge < -0.3 is 0 Å². The molecule has 0 radical (unpaired) electrons. The van der Waals surface area contributed by atoms with Crippen molar-refractivity contribution in [2.45, 2.75) is 6.17 Å². The van der Waals surface area contributed by atoms with E-state index in [2.05, 4.69) is 21.4 Å². The molecule has 0 spiro atoms. The van der Waals surface area contributed by atoms with Crippen LogP contribution in [-0.2, 0) is 0 Å². The van der Waals surface area contributed by atoms with Crippen molar-refractivity contribution in [1.29, 1.82) is 0 Å². The number of nitrogens with one attached hydrogen (secondary N) is 1. The summed E-state index contributed by atoms with van der Waals surface area (Å²) in [6.45, 7) is 0. The molecule has 1 unspecified atom stereocenters. The van der Waals surface area contributed by atoms with Crippen molar-refractivity contribution < 1.29 is 0 Å². The van der Waals surface area contributed by atoms with Gasteiger partial charge in [-0.25, -0.2) is 5.43 Å². The van der Waals surface area contributed by atoms with Crippen LogP contribution in [0.2, 0.25) is 0 Å². The predicted octanol–water partition coefficient (Wildman–Crippen LogP) is 1.47. The van der Waals surface area contributed by atoms with E-state index in [1.807, 2.05) is 43.3 Å². The Morgan fingerprint density at radius 3 is 2.62 bits per heavy atom. The molecular formula is C9H14BrN3. The number of hydrazine groups is 1. The van der Waals surface area contributed by atoms with Crippen LogP contribution in [0.15, 0.2) is 28.7 Å². The first kappa shape index (κ1) is 10.7. The predicted molar refractivity (Wildman–Crippen MR) is 57.9 cm³/mol. The van der Waals surface area contributed by atoms with Crippen molar-refractivity contribution in [2.24, 2.45) is 5.84 Å². The third-order valence-corrected chi connectivity index (χ3v) is 2.33. The van der Waals surface area contributed by atoms with Gasteiger partial charge in [0.1, 0.15) is 0 Å². The van der Waals surface area contributed by atoms with Gasteiger partial charge in [-0.2, -0.15) is 0 Å². The molecule has 0 aliphatic rings. The summed E-state index contributed by atoms with van der Waals surface area (Å²) in [6.07, 6.45) is 0.0532. The Bertz CT molecular complexity index is 275. The molecule has 0 amide bonds. The van der Waals surface area contributed by atoms with E-state index in [0.29, 0.717) is 0 Å². The fourth-order valence-electron chi connectivity index (χ4n) is 1.22. The maximum atomic E-state index is 5.45. The highest BCUT2D eigenvalue weighted by Gasteiger charge is 2.10. The molecule has 0 saturated carbocycles. The number of hydrogen-bond acceptors (Lipinski definition) is 3. The lowest BCUT2D eigenvalue weighted by molar-refractivity contribution is 0.253. The van der Waals surface area contributed by atoms with E-state index < -0.39 is 0 Å². The highest BCUT2D eigenvalue weighted by Crippen LogP contribution is 2.18. The third-order valence-electron chi connectivity index (χ3n) is 1.84. The van der Waals surface area contributed by atoms with Gasteiger partial charge in [-0.15, -0.1) is 0 Å². The van der Waals surface area contributed by atoms with Gasteiger partial charge in [-0.05, 0) is 31.8 Å². The van der Waals surface area contributed by atoms with Crippen molar-refractivity contribution in [3.63, 3.8) is 0 Å². The van der Waals surface area contributed by atoms with Gasteiger partial charge in [0.15, 0.2) is 0 Å². The van der Waals surface area contributed by atoms with Gasteiger partial charge in [-0.3, -0.25) is 10.7 Å². The summed E-state index contributed by atoms with van der Waals surface area (Å²) in [7, 11) is 3.96. The number of benzene rings is 1. The second kappa shape index (κ2) is 4.72. The summed E-state index contributed by atoms with van der Waals surface area (Å²) in [6, 6.07) is 8.07. The molecule has 1 rings (SSSR count). The molecule has 0 fully saturated rings. The minimum absolute atomic E-state index is 0.0532. The molecular weight excluding hydrogens is 230 g/mol. The quantitative estimate of drug-likeness (QED) is 0.480. The first-order valence-electron chi connectivity index (χ1n) is 4.03. The van der Waals surface area contributed by atoms with Crippen LogP contribution in [0.25, 0.3) is 0 Å². The largest absolute Gasteiger partial charge is 0.289 e. The standard InChI is InChI=1S/C9H14BrN3/c1-13(2)9(12-11)7-4-3-5-8(10)6-7/h3-6,9,12H,11H2,1-2H3. The van der Waals surface area contributed by atoms with Crippen molar-refractivity contribution in [1.82, 2.24) is 10.3 Å². The molecule has 0 aromatic heterocycles. The number of halogens is 1. The number of nitrogens with two attached hydrogens (primary N) is 1. The molecule has 0 aliphatic heterocycles. The Morgan fingerprint density at radius 1 is 1.46 bits per heavy atom. The second-order valence-corrected chi connectivity index (χ2v) is 4.00. The third kappa shape index (κ3) is 2.77. The fraction of sp³-hybridized carbons (Fsp3) is 0.333. The highest BCUT2D eigenvalue weighted by atomic mass is 79.9. The van der Waals surface area contributed by atoms with Crippen LogP contribution in [0.5, 0.6) is 0 Å². The number of nitrogens with zero attached hydrogens (tertiary/aromatic N) is 1. The van der Waals surface area contributed by atoms with E-state index in [-0.39, 0.29) is 6.17 Å². The van der Waals surface area contributed by atoms with Gasteiger partial charge in [0.05, 0.1) is 6.17 Å². The van der Waals surface area contributed by atoms with Gasteiger partial charge >= 0.3 is 0 Å². The Labute approximate surface area is 87.0 Å². The van der Waals surface area contributed by atoms with Crippen molar-refractivity contribution in [3.8, 4) is 0 Å². The Kier molecular flexibility index (Phi) is 3.87. The lowest BCUT2D eigenvalue weighted by atomic mass is 10.2. The van der Waals surface area contributed by atoms with Crippen LogP contribution in [0.4, 0.5) is 0 Å². The molecule has 0 bridgehead atoms. The molecule has 1 aromatic rings. The SMILES string of the molecule is CN(C)C(NN)c1cccc(Br)c1. The van der Waals surface area contributed by atoms with Gasteiger partial charge in [0.2, 0.25) is 0 Å². The van der Waals surface area contributed by atoms with Crippen LogP contribution < -0.4 is 11.3 Å². The number of hydrogen-bond donors (Lipinski definition) is 2. The normalized spacial score (nSPS) is 13.3. The van der Waals surface area contributed by atoms with Crippen molar-refractivity contribution in [2.75, 3.05) is 14.1 Å². The topological polar surface area (TPSA) is 41.3 Å². The molecule has 1 atom stereocenters. The van der Waals surface area contributed by atoms with E-state index in [0.717, 1.165) is 10.0 Å². The maximum Gasteiger partial charge on any atom is 0.0981 e. The van der Waals surface area contributed by atoms with Gasteiger partial charge in [-0.1, -0.05) is 28.1 Å². The first-order valence-corrected chi connectivity index (χ1v) is 4.82. The highest BCUT2D eigenvalue weighted by molar-refractivity contribution is 9.10. The molecule has 3 N–H and O–H groups in total. The molecule has 0 aliphatic carbocycles. The maximum absolute atomic E-state index is 5.45. The minimum Gasteiger partial charge on any atom is -0.289 e. The van der Waals surface area contributed by atoms with E-state index in [1.54, 1.807) is 0 Å². The fourth-order valence-corrected chi connectivity index (χ4v) is 1.64. The summed E-state index contributed by atoms with van der Waals surface area (Å²) in [5.74, 6) is 5.45. The monoisotopic (exact) mass is 243 g/mol. The lowest BCUT2D eigenvalue weighted by Crippen LogP contribution is -2.37. The zero-order chi connectivity index (χ0) is 9.84. The zero-order valence-electron chi connectivity index (χ0n) is 7.79. The van der Waals surface area contributed by atoms with Crippen LogP contribution in [0.1, 0.15) is 11.7 Å². The molecule has 3 nitrogen and oxygen atoms in total. The first-order chi connectivity index (χ1) is 6.15. The summed E-state index contributed by atoms with van der Waals surface area (Å²) in [5, 5.41) is 0. The second-order valence-electron chi connectivity index (χ2n) is 3.09. The van der Waals surface area contributed by atoms with Crippen molar-refractivity contribution in [3.05, 3.63) is 34.3 Å². The summed E-state index contributed by atoms with van der Waals surface area (Å²) in [5.41, 5.74) is 3.89. The zero-order valence-corrected chi connectivity index (χ0v) is 9.38. The Balaban J connectivity index is 2.91. The van der Waals surface area contributed by atoms with Crippen LogP contribution in [0, 0.1) is 0 Å². The summed E-state index contributed by atoms with van der Waals surface area (Å²) >= 11 is 3.42. The van der Waals surface area contributed by atoms with E-state index in [4.69, 9.17) is 5.84 Å². The van der Waals surface area contributed by atoms with Gasteiger partial charge in [0, 0.05) is 4.47 Å². The average molecular weight is 244 g/mol. The summed E-state index contributed by atoms with van der Waals surface area (Å²) in [4.78, 5) is 2.02. The molecule has 4 heteroatoms. The van der Waals surface area contributed by atoms with Crippen LogP contribution in [0.3, 0.4) is 0 Å². The molecule has 72 valence electrons.